The van der Waals surface area contributed by atoms with Crippen LogP contribution in [0.3, 0.4) is 0 Å². The molecule has 0 bridgehead atoms. The van der Waals surface area contributed by atoms with E-state index in [-0.39, 0.29) is 6.03 Å². The second-order valence-electron chi connectivity index (χ2n) is 5.37. The lowest BCUT2D eigenvalue weighted by Crippen LogP contribution is -2.30. The van der Waals surface area contributed by atoms with Crippen LogP contribution in [0.4, 0.5) is 10.5 Å². The lowest BCUT2D eigenvalue weighted by Gasteiger charge is -2.06. The van der Waals surface area contributed by atoms with Gasteiger partial charge in [-0.1, -0.05) is 17.7 Å². The summed E-state index contributed by atoms with van der Waals surface area (Å²) < 4.78 is 10.8. The average molecular weight is 373 g/mol. The van der Waals surface area contributed by atoms with E-state index in [0.717, 1.165) is 5.56 Å². The number of ether oxygens (including phenoxy) is 1. The maximum Gasteiger partial charge on any atom is 0.319 e. The largest absolute Gasteiger partial charge is 0.497 e. The van der Waals surface area contributed by atoms with Crippen LogP contribution in [0.25, 0.3) is 11.5 Å². The summed E-state index contributed by atoms with van der Waals surface area (Å²) in [6, 6.07) is 13.9. The van der Waals surface area contributed by atoms with Gasteiger partial charge >= 0.3 is 6.03 Å². The summed E-state index contributed by atoms with van der Waals surface area (Å²) in [5.41, 5.74) is 1.43. The number of aromatic nitrogens is 2. The quantitative estimate of drug-likeness (QED) is 0.687. The number of hydrogen-bond donors (Lipinski definition) is 2. The number of hydrogen-bond acceptors (Lipinski definition) is 5. The molecule has 2 N–H and O–H groups in total. The van der Waals surface area contributed by atoms with Gasteiger partial charge in [0.15, 0.2) is 0 Å². The number of rotatable bonds is 6. The van der Waals surface area contributed by atoms with Crippen LogP contribution in [0, 0.1) is 0 Å². The van der Waals surface area contributed by atoms with E-state index in [0.29, 0.717) is 41.2 Å². The molecule has 0 aliphatic rings. The number of nitrogens with one attached hydrogen (secondary N) is 2. The van der Waals surface area contributed by atoms with Gasteiger partial charge in [0.1, 0.15) is 5.75 Å². The number of nitrogens with zero attached hydrogens (tertiary/aromatic N) is 2. The summed E-state index contributed by atoms with van der Waals surface area (Å²) in [5, 5.41) is 14.1. The highest BCUT2D eigenvalue weighted by molar-refractivity contribution is 6.30. The van der Waals surface area contributed by atoms with E-state index in [9.17, 15) is 4.79 Å². The zero-order valence-corrected chi connectivity index (χ0v) is 14.8. The molecule has 1 aromatic heterocycles. The van der Waals surface area contributed by atoms with Crippen molar-refractivity contribution in [2.24, 2.45) is 0 Å². The van der Waals surface area contributed by atoms with E-state index in [1.165, 1.54) is 0 Å². The van der Waals surface area contributed by atoms with Crippen molar-refractivity contribution >= 4 is 23.3 Å². The summed E-state index contributed by atoms with van der Waals surface area (Å²) in [4.78, 5) is 11.8. The van der Waals surface area contributed by atoms with Gasteiger partial charge in [-0.05, 0) is 42.5 Å². The second-order valence-corrected chi connectivity index (χ2v) is 5.81. The van der Waals surface area contributed by atoms with Crippen molar-refractivity contribution < 1.29 is 13.9 Å². The molecule has 0 unspecified atom stereocenters. The van der Waals surface area contributed by atoms with E-state index in [4.69, 9.17) is 20.8 Å². The summed E-state index contributed by atoms with van der Waals surface area (Å²) in [7, 11) is 1.60. The molecule has 0 aliphatic heterocycles. The lowest BCUT2D eigenvalue weighted by atomic mass is 10.2. The summed E-state index contributed by atoms with van der Waals surface area (Å²) >= 11 is 5.80. The third-order valence-corrected chi connectivity index (χ3v) is 3.76. The minimum atomic E-state index is -0.320. The Bertz CT molecular complexity index is 880. The maximum atomic E-state index is 11.8. The fourth-order valence-electron chi connectivity index (χ4n) is 2.22. The lowest BCUT2D eigenvalue weighted by molar-refractivity contribution is 0.252. The number of anilines is 1. The van der Waals surface area contributed by atoms with Gasteiger partial charge in [0.05, 0.1) is 7.11 Å². The molecule has 0 radical (unpaired) electrons. The number of carbonyl (C=O) groups excluding carboxylic acids is 1. The predicted octanol–water partition coefficient (Wildman–Crippen LogP) is 3.76. The third-order valence-electron chi connectivity index (χ3n) is 3.51. The topological polar surface area (TPSA) is 89.3 Å². The highest BCUT2D eigenvalue weighted by Crippen LogP contribution is 2.22. The minimum absolute atomic E-state index is 0.320. The van der Waals surface area contributed by atoms with Crippen LogP contribution in [0.1, 0.15) is 5.89 Å². The first-order chi connectivity index (χ1) is 12.6. The molecule has 2 amide bonds. The van der Waals surface area contributed by atoms with Crippen molar-refractivity contribution in [2.75, 3.05) is 19.0 Å². The zero-order chi connectivity index (χ0) is 18.4. The number of benzene rings is 2. The van der Waals surface area contributed by atoms with Gasteiger partial charge in [0.2, 0.25) is 11.8 Å². The molecule has 0 spiro atoms. The fraction of sp³-hybridized carbons (Fsp3) is 0.167. The molecule has 2 aromatic carbocycles. The van der Waals surface area contributed by atoms with Crippen molar-refractivity contribution in [2.45, 2.75) is 6.42 Å². The Kier molecular flexibility index (Phi) is 5.70. The van der Waals surface area contributed by atoms with Gasteiger partial charge in [-0.15, -0.1) is 10.2 Å². The maximum absolute atomic E-state index is 11.8. The normalized spacial score (nSPS) is 10.4. The van der Waals surface area contributed by atoms with Crippen LogP contribution in [0.15, 0.2) is 52.9 Å². The summed E-state index contributed by atoms with van der Waals surface area (Å²) in [5.74, 6) is 1.56. The van der Waals surface area contributed by atoms with E-state index in [1.807, 2.05) is 24.3 Å². The third kappa shape index (κ3) is 4.73. The van der Waals surface area contributed by atoms with Crippen molar-refractivity contribution in [1.29, 1.82) is 0 Å². The van der Waals surface area contributed by atoms with Crippen LogP contribution in [-0.4, -0.2) is 29.9 Å². The molecule has 0 saturated heterocycles. The molecular weight excluding hydrogens is 356 g/mol. The molecule has 8 heteroatoms. The smallest absolute Gasteiger partial charge is 0.319 e. The average Bonchev–Trinajstić information content (AvgIpc) is 3.13. The summed E-state index contributed by atoms with van der Waals surface area (Å²) in [6.45, 7) is 0.360. The molecule has 7 nitrogen and oxygen atoms in total. The van der Waals surface area contributed by atoms with Crippen LogP contribution in [0.5, 0.6) is 5.75 Å². The highest BCUT2D eigenvalue weighted by Gasteiger charge is 2.10. The van der Waals surface area contributed by atoms with Crippen LogP contribution in [-0.2, 0) is 6.42 Å². The van der Waals surface area contributed by atoms with Gasteiger partial charge in [0.25, 0.3) is 0 Å². The van der Waals surface area contributed by atoms with Crippen molar-refractivity contribution in [3.8, 4) is 17.2 Å². The first kappa shape index (κ1) is 17.8. The molecule has 3 rings (SSSR count). The Labute approximate surface area is 155 Å². The van der Waals surface area contributed by atoms with Gasteiger partial charge in [0, 0.05) is 29.2 Å². The number of amides is 2. The molecule has 3 aromatic rings. The van der Waals surface area contributed by atoms with Crippen molar-refractivity contribution in [3.05, 3.63) is 59.4 Å². The van der Waals surface area contributed by atoms with E-state index in [2.05, 4.69) is 20.8 Å². The Balaban J connectivity index is 1.50. The van der Waals surface area contributed by atoms with Gasteiger partial charge in [-0.2, -0.15) is 0 Å². The van der Waals surface area contributed by atoms with Crippen molar-refractivity contribution in [1.82, 2.24) is 15.5 Å². The van der Waals surface area contributed by atoms with Crippen molar-refractivity contribution in [3.63, 3.8) is 0 Å². The molecule has 0 aliphatic carbocycles. The molecule has 0 saturated carbocycles. The van der Waals surface area contributed by atoms with Crippen LogP contribution in [0.2, 0.25) is 5.02 Å². The van der Waals surface area contributed by atoms with Crippen LogP contribution < -0.4 is 15.4 Å². The second kappa shape index (κ2) is 8.35. The monoisotopic (exact) mass is 372 g/mol. The van der Waals surface area contributed by atoms with Gasteiger partial charge in [-0.25, -0.2) is 4.79 Å². The number of carbonyl (C=O) groups is 1. The molecular formula is C18H17ClN4O3. The van der Waals surface area contributed by atoms with Gasteiger partial charge < -0.3 is 19.8 Å². The zero-order valence-electron chi connectivity index (χ0n) is 14.0. The predicted molar refractivity (Wildman–Crippen MR) is 98.5 cm³/mol. The highest BCUT2D eigenvalue weighted by atomic mass is 35.5. The molecule has 0 fully saturated rings. The molecule has 1 heterocycles. The summed E-state index contributed by atoms with van der Waals surface area (Å²) in [6.07, 6.45) is 0.422. The molecule has 134 valence electrons. The number of urea groups is 1. The van der Waals surface area contributed by atoms with Gasteiger partial charge in [-0.3, -0.25) is 0 Å². The van der Waals surface area contributed by atoms with E-state index >= 15 is 0 Å². The molecule has 0 atom stereocenters. The SMILES string of the molecule is COc1cccc(-c2nnc(CCNC(=O)Nc3ccc(Cl)cc3)o2)c1. The Morgan fingerprint density at radius 2 is 2.00 bits per heavy atom. The Morgan fingerprint density at radius 1 is 1.19 bits per heavy atom. The first-order valence-corrected chi connectivity index (χ1v) is 8.29. The molecule has 26 heavy (non-hydrogen) atoms. The number of halogens is 1. The minimum Gasteiger partial charge on any atom is -0.497 e. The van der Waals surface area contributed by atoms with Crippen LogP contribution >= 0.6 is 11.6 Å². The Hall–Kier alpha value is -3.06. The fourth-order valence-corrected chi connectivity index (χ4v) is 2.34. The first-order valence-electron chi connectivity index (χ1n) is 7.91. The Morgan fingerprint density at radius 3 is 2.77 bits per heavy atom. The van der Waals surface area contributed by atoms with E-state index in [1.54, 1.807) is 31.4 Å². The van der Waals surface area contributed by atoms with E-state index < -0.39 is 0 Å². The standard InChI is InChI=1S/C18H17ClN4O3/c1-25-15-4-2-3-12(11-15)17-23-22-16(26-17)9-10-20-18(24)21-14-7-5-13(19)6-8-14/h2-8,11H,9-10H2,1H3,(H2,20,21,24). The number of methoxy groups -OCH3 is 1.